The molecule has 13 rings (SSSR count). The number of amides is 4. The van der Waals surface area contributed by atoms with Crippen LogP contribution in [0.25, 0.3) is 32.7 Å². The van der Waals surface area contributed by atoms with E-state index in [0.717, 1.165) is 61.5 Å². The lowest BCUT2D eigenvalue weighted by atomic mass is 9.92. The Morgan fingerprint density at radius 3 is 1.61 bits per heavy atom. The lowest BCUT2D eigenvalue weighted by Gasteiger charge is -2.24. The molecule has 0 unspecified atom stereocenters. The molecule has 109 heavy (non-hydrogen) atoms. The summed E-state index contributed by atoms with van der Waals surface area (Å²) in [6.07, 6.45) is -1.93. The highest BCUT2D eigenvalue weighted by Crippen LogP contribution is 2.59. The molecule has 3 aliphatic carbocycles. The van der Waals surface area contributed by atoms with Crippen LogP contribution in [-0.2, 0) is 92.0 Å². The van der Waals surface area contributed by atoms with E-state index in [1.807, 2.05) is 119 Å². The molecule has 0 spiro atoms. The summed E-state index contributed by atoms with van der Waals surface area (Å²) in [6.45, 7) is 13.1. The van der Waals surface area contributed by atoms with Crippen molar-refractivity contribution in [1.29, 1.82) is 0 Å². The molecule has 6 aromatic carbocycles. The Kier molecular flexibility index (Phi) is 24.5. The number of carbonyl (C=O) groups excluding carboxylic acids is 7. The molecule has 4 amide bonds. The van der Waals surface area contributed by atoms with Crippen molar-refractivity contribution in [2.75, 3.05) is 33.5 Å². The van der Waals surface area contributed by atoms with E-state index in [4.69, 9.17) is 48.8 Å². The first-order chi connectivity index (χ1) is 52.3. The van der Waals surface area contributed by atoms with E-state index < -0.39 is 87.5 Å². The van der Waals surface area contributed by atoms with Crippen LogP contribution < -0.4 is 35.4 Å². The fraction of sp³-hybridized carbons (Fsp3) is 0.366. The predicted molar refractivity (Wildman–Crippen MR) is 390 cm³/mol. The number of alkyl halides is 3. The Morgan fingerprint density at radius 2 is 1.07 bits per heavy atom. The number of aryl methyl sites for hydroxylation is 2. The number of benzene rings is 6. The number of halogens is 3. The highest BCUT2D eigenvalue weighted by atomic mass is 19.4. The summed E-state index contributed by atoms with van der Waals surface area (Å²) in [4.78, 5) is 102. The van der Waals surface area contributed by atoms with E-state index in [1.54, 1.807) is 84.9 Å². The number of hydrogen-bond acceptors (Lipinski definition) is 20. The number of nitrogens with zero attached hydrogens (tertiary/aromatic N) is 4. The molecule has 6 N–H and O–H groups in total. The topological polar surface area (TPSA) is 323 Å². The van der Waals surface area contributed by atoms with Crippen molar-refractivity contribution >= 4 is 74.2 Å². The van der Waals surface area contributed by atoms with Crippen LogP contribution in [0.1, 0.15) is 110 Å². The van der Waals surface area contributed by atoms with Crippen molar-refractivity contribution < 1.29 is 95.5 Å². The zero-order valence-electron chi connectivity index (χ0n) is 61.3. The first kappa shape index (κ1) is 78.8. The standard InChI is InChI=1S/C30H33N3O6.C26H25F3N2O6.C26H28N2O5/c1-3-38-29(36)30(17-24(30)28(35)33-14-6-9-26(33)27(34)32-37)16-20-10-12-22(13-11-20)39-18-21-15-19(2)31-25-8-5-4-7-23(21)25;1-3-36-24(33)25(13-19(25)23(32)31-34)12-15-4-7-17(8-5-15)37-14-16-6-10-20(35-2)22-18(16)9-11-21(30-22)26(27,28)29;1-16(2)14-33-25(30)26(13-22(26)24(29)28-31)19-7-6-8-20(12-19)32-15-18-11-17(3)27-23-10-5-4-9-21(18)23/h4-5,7-8,10-13,15,24,26,37H,3,6,9,14,16-18H2,1-2H3,(H,32,34);4-11,19,34H,3,12-14H2,1-2H3,(H,31,32);4-12,16,22,31H,13-15H2,1-3H3,(H,28,29)/t24-,26-,30+;19-,25+;22-,26-/m110/s1. The Morgan fingerprint density at radius 1 is 0.550 bits per heavy atom. The van der Waals surface area contributed by atoms with Gasteiger partial charge in [-0.1, -0.05) is 98.8 Å². The first-order valence-corrected chi connectivity index (χ1v) is 35.9. The Hall–Kier alpha value is -11.3. The number of hydrogen-bond donors (Lipinski definition) is 6. The van der Waals surface area contributed by atoms with Crippen LogP contribution in [0.4, 0.5) is 13.2 Å². The number of para-hydroxylation sites is 2. The number of nitrogens with one attached hydrogen (secondary N) is 3. The second kappa shape index (κ2) is 33.9. The molecule has 0 bridgehead atoms. The van der Waals surface area contributed by atoms with Crippen LogP contribution in [0.15, 0.2) is 158 Å². The molecule has 3 saturated carbocycles. The van der Waals surface area contributed by atoms with Gasteiger partial charge in [0.2, 0.25) is 17.7 Å². The fourth-order valence-electron chi connectivity index (χ4n) is 14.4. The molecule has 4 aliphatic rings. The van der Waals surface area contributed by atoms with E-state index in [1.165, 1.54) is 18.1 Å². The van der Waals surface area contributed by atoms with Crippen molar-refractivity contribution in [3.8, 4) is 23.0 Å². The molecule has 1 saturated heterocycles. The number of ether oxygens (including phenoxy) is 7. The average Bonchev–Trinajstić information content (AvgIpc) is 1.55. The van der Waals surface area contributed by atoms with Crippen molar-refractivity contribution in [3.05, 3.63) is 208 Å². The monoisotopic (exact) mass is 1500 g/mol. The summed E-state index contributed by atoms with van der Waals surface area (Å²) >= 11 is 0. The average molecular weight is 1500 g/mol. The maximum atomic E-state index is 13.4. The van der Waals surface area contributed by atoms with E-state index in [-0.39, 0.29) is 68.8 Å². The lowest BCUT2D eigenvalue weighted by Crippen LogP contribution is -2.46. The second-order valence-corrected chi connectivity index (χ2v) is 28.0. The number of rotatable bonds is 26. The number of carbonyl (C=O) groups is 7. The van der Waals surface area contributed by atoms with Gasteiger partial charge in [0.25, 0.3) is 5.91 Å². The zero-order chi connectivity index (χ0) is 78.0. The van der Waals surface area contributed by atoms with Gasteiger partial charge in [-0.05, 0) is 174 Å². The second-order valence-electron chi connectivity index (χ2n) is 28.0. The van der Waals surface area contributed by atoms with Crippen LogP contribution in [0, 0.1) is 48.3 Å². The molecular formula is C82H86F3N7O17. The van der Waals surface area contributed by atoms with Crippen molar-refractivity contribution in [3.63, 3.8) is 0 Å². The molecule has 27 heteroatoms. The molecule has 4 heterocycles. The van der Waals surface area contributed by atoms with Gasteiger partial charge < -0.3 is 38.1 Å². The Bertz CT molecular complexity index is 4850. The minimum Gasteiger partial charge on any atom is -0.494 e. The van der Waals surface area contributed by atoms with E-state index in [9.17, 15) is 46.7 Å². The summed E-state index contributed by atoms with van der Waals surface area (Å²) < 4.78 is 78.6. The van der Waals surface area contributed by atoms with Crippen molar-refractivity contribution in [2.45, 2.75) is 124 Å². The summed E-state index contributed by atoms with van der Waals surface area (Å²) in [7, 11) is 1.36. The number of esters is 3. The minimum atomic E-state index is -4.58. The molecule has 0 radical (unpaired) electrons. The molecule has 4 fully saturated rings. The first-order valence-electron chi connectivity index (χ1n) is 35.9. The third-order valence-electron chi connectivity index (χ3n) is 20.2. The Balaban J connectivity index is 0.000000163. The smallest absolute Gasteiger partial charge is 0.433 e. The zero-order valence-corrected chi connectivity index (χ0v) is 61.3. The molecule has 9 aromatic rings. The number of likely N-dealkylation sites (tertiary alicyclic amines) is 1. The summed E-state index contributed by atoms with van der Waals surface area (Å²) in [5.74, 6) is -3.19. The van der Waals surface area contributed by atoms with Crippen LogP contribution in [0.2, 0.25) is 0 Å². The molecular weight excluding hydrogens is 1410 g/mol. The Labute approximate surface area is 626 Å². The summed E-state index contributed by atoms with van der Waals surface area (Å²) in [5.41, 5.74) is 9.54. The number of pyridine rings is 3. The van der Waals surface area contributed by atoms with Gasteiger partial charge in [-0.3, -0.25) is 59.2 Å². The van der Waals surface area contributed by atoms with Crippen molar-refractivity contribution in [1.82, 2.24) is 36.3 Å². The maximum absolute atomic E-state index is 13.4. The van der Waals surface area contributed by atoms with Gasteiger partial charge in [0.15, 0.2) is 0 Å². The van der Waals surface area contributed by atoms with Gasteiger partial charge in [0.1, 0.15) is 65.5 Å². The van der Waals surface area contributed by atoms with E-state index in [2.05, 4.69) is 15.0 Å². The van der Waals surface area contributed by atoms with E-state index in [0.29, 0.717) is 79.2 Å². The van der Waals surface area contributed by atoms with Gasteiger partial charge in [-0.15, -0.1) is 0 Å². The highest BCUT2D eigenvalue weighted by Gasteiger charge is 2.67. The highest BCUT2D eigenvalue weighted by molar-refractivity contribution is 5.99. The molecule has 24 nitrogen and oxygen atoms in total. The van der Waals surface area contributed by atoms with Gasteiger partial charge in [-0.25, -0.2) is 21.4 Å². The number of hydroxylamine groups is 3. The SMILES string of the molecule is CCOC(=O)[C@@]1(Cc2ccc(OCc3cc(C)nc4ccccc34)cc2)C[C@@H]1C(=O)N1CCC[C@@H]1C(=O)NO.CCOC(=O)[C@@]1(Cc2ccc(OCc3ccc(OC)c4nc(C(F)(F)F)ccc34)cc2)C[C@@H]1C(=O)NO.Cc1cc(COc2cccc([C@@]3(C(=O)OCC(C)C)C[C@H]3C(=O)NO)c2)c2ccccc2n1. The van der Waals surface area contributed by atoms with Gasteiger partial charge >= 0.3 is 24.1 Å². The number of fused-ring (bicyclic) bond motifs is 3. The van der Waals surface area contributed by atoms with Crippen LogP contribution in [0.5, 0.6) is 23.0 Å². The van der Waals surface area contributed by atoms with Gasteiger partial charge in [-0.2, -0.15) is 13.2 Å². The van der Waals surface area contributed by atoms with Crippen LogP contribution in [0.3, 0.4) is 0 Å². The molecule has 7 atom stereocenters. The third kappa shape index (κ3) is 17.6. The summed E-state index contributed by atoms with van der Waals surface area (Å²) in [6, 6.07) is 46.3. The summed E-state index contributed by atoms with van der Waals surface area (Å²) in [5, 5.41) is 29.7. The largest absolute Gasteiger partial charge is 0.494 e. The lowest BCUT2D eigenvalue weighted by molar-refractivity contribution is -0.153. The van der Waals surface area contributed by atoms with Crippen LogP contribution in [-0.4, -0.2) is 117 Å². The number of methoxy groups -OCH3 is 1. The molecule has 3 aromatic heterocycles. The van der Waals surface area contributed by atoms with Crippen LogP contribution >= 0.6 is 0 Å². The normalized spacial score (nSPS) is 20.1. The predicted octanol–water partition coefficient (Wildman–Crippen LogP) is 12.3. The molecule has 1 aliphatic heterocycles. The third-order valence-corrected chi connectivity index (χ3v) is 20.2. The molecule has 572 valence electrons. The van der Waals surface area contributed by atoms with E-state index >= 15 is 0 Å². The quantitative estimate of drug-likeness (QED) is 0.0127. The minimum absolute atomic E-state index is 0.0679. The maximum Gasteiger partial charge on any atom is 0.433 e. The fourth-order valence-corrected chi connectivity index (χ4v) is 14.4. The van der Waals surface area contributed by atoms with Crippen molar-refractivity contribution in [2.24, 2.45) is 34.5 Å². The van der Waals surface area contributed by atoms with Gasteiger partial charge in [0.05, 0.1) is 66.5 Å². The van der Waals surface area contributed by atoms with Gasteiger partial charge in [0, 0.05) is 45.2 Å². The number of aromatic nitrogens is 3.